The molecule has 0 aliphatic carbocycles. The summed E-state index contributed by atoms with van der Waals surface area (Å²) < 4.78 is 24.0. The summed E-state index contributed by atoms with van der Waals surface area (Å²) in [5, 5.41) is 11.4. The van der Waals surface area contributed by atoms with Crippen LogP contribution in [0.3, 0.4) is 0 Å². The lowest BCUT2D eigenvalue weighted by atomic mass is 10.0. The van der Waals surface area contributed by atoms with Crippen LogP contribution in [0.15, 0.2) is 109 Å². The number of aliphatic hydroxyl groups is 1. The van der Waals surface area contributed by atoms with E-state index in [0.717, 1.165) is 88.1 Å². The molecule has 0 aliphatic heterocycles. The van der Waals surface area contributed by atoms with Gasteiger partial charge in [0.15, 0.2) is 0 Å². The summed E-state index contributed by atoms with van der Waals surface area (Å²) in [7, 11) is 0. The van der Waals surface area contributed by atoms with Gasteiger partial charge in [-0.3, -0.25) is 9.69 Å². The number of hydrogen-bond donors (Lipinski definition) is 2. The Kier molecular flexibility index (Phi) is 17.7. The highest BCUT2D eigenvalue weighted by molar-refractivity contribution is 5.95. The molecule has 10 nitrogen and oxygen atoms in total. The lowest BCUT2D eigenvalue weighted by Crippen LogP contribution is -2.29. The molecule has 0 bridgehead atoms. The molecule has 5 rings (SSSR count). The third-order valence-corrected chi connectivity index (χ3v) is 9.83. The van der Waals surface area contributed by atoms with Crippen LogP contribution in [0, 0.1) is 0 Å². The Labute approximate surface area is 363 Å². The summed E-state index contributed by atoms with van der Waals surface area (Å²) in [6.45, 7) is 15.7. The molecule has 0 aliphatic rings. The van der Waals surface area contributed by atoms with Crippen molar-refractivity contribution >= 4 is 5.91 Å². The minimum atomic E-state index is -0.799. The summed E-state index contributed by atoms with van der Waals surface area (Å²) in [5.74, 6) is 0.307. The lowest BCUT2D eigenvalue weighted by Gasteiger charge is -2.26. The fourth-order valence-electron chi connectivity index (χ4n) is 6.84. The van der Waals surface area contributed by atoms with Crippen molar-refractivity contribution < 1.29 is 28.8 Å². The molecule has 0 spiro atoms. The van der Waals surface area contributed by atoms with Gasteiger partial charge in [-0.2, -0.15) is 9.97 Å². The number of ether oxygens (including phenoxy) is 4. The maximum absolute atomic E-state index is 12.4. The average molecular weight is 831 g/mol. The van der Waals surface area contributed by atoms with Gasteiger partial charge in [0, 0.05) is 37.9 Å². The number of amides is 1. The molecular formula is C51H66N4O6. The van der Waals surface area contributed by atoms with E-state index in [-0.39, 0.29) is 5.56 Å². The van der Waals surface area contributed by atoms with Crippen LogP contribution in [0.1, 0.15) is 119 Å². The van der Waals surface area contributed by atoms with Crippen LogP contribution in [0.2, 0.25) is 0 Å². The highest BCUT2D eigenvalue weighted by Crippen LogP contribution is 2.29. The number of aromatic nitrogens is 2. The molecule has 1 aromatic heterocycles. The number of hydrogen-bond acceptors (Lipinski definition) is 9. The molecule has 0 saturated carbocycles. The van der Waals surface area contributed by atoms with E-state index in [1.807, 2.05) is 102 Å². The van der Waals surface area contributed by atoms with Crippen LogP contribution in [-0.2, 0) is 24.3 Å². The molecule has 4 aromatic carbocycles. The number of aliphatic hydroxyl groups excluding tert-OH is 1. The molecule has 326 valence electrons. The quantitative estimate of drug-likeness (QED) is 0.0584. The van der Waals surface area contributed by atoms with E-state index in [1.165, 1.54) is 11.1 Å². The van der Waals surface area contributed by atoms with Gasteiger partial charge in [-0.1, -0.05) is 104 Å². The van der Waals surface area contributed by atoms with Crippen molar-refractivity contribution in [1.29, 1.82) is 0 Å². The Balaban J connectivity index is 1.01. The Morgan fingerprint density at radius 2 is 1.34 bits per heavy atom. The number of unbranched alkanes of at least 4 members (excludes halogenated alkanes) is 4. The van der Waals surface area contributed by atoms with E-state index in [0.29, 0.717) is 36.4 Å². The van der Waals surface area contributed by atoms with Crippen LogP contribution in [0.5, 0.6) is 17.6 Å². The standard InChI is InChI=1S/C51H66N4O6/c1-50(2,3)60-47-34-44(53-49(54-47)61-51(4,5)6)41-26-24-38(25-27-41)19-15-18-32-58-31-17-8-7-16-30-55(35-39-20-11-9-12-21-39)36-45(56)42-28-29-46(43(33-42)48(52)57)59-37-40-22-13-10-14-23-40/h9-14,20-29,33-34,45,56H,7-8,15-19,30-32,35-37H2,1-6H3,(H2,52,57)/t45-/m0/s1. The highest BCUT2D eigenvalue weighted by atomic mass is 16.5. The molecular weight excluding hydrogens is 765 g/mol. The van der Waals surface area contributed by atoms with Crippen molar-refractivity contribution in [2.75, 3.05) is 26.3 Å². The van der Waals surface area contributed by atoms with Crippen LogP contribution < -0.4 is 19.9 Å². The van der Waals surface area contributed by atoms with Crippen LogP contribution >= 0.6 is 0 Å². The maximum Gasteiger partial charge on any atom is 0.320 e. The van der Waals surface area contributed by atoms with Crippen molar-refractivity contribution in [3.63, 3.8) is 0 Å². The van der Waals surface area contributed by atoms with Gasteiger partial charge >= 0.3 is 6.01 Å². The van der Waals surface area contributed by atoms with E-state index in [4.69, 9.17) is 24.7 Å². The summed E-state index contributed by atoms with van der Waals surface area (Å²) in [4.78, 5) is 23.8. The molecule has 1 heterocycles. The van der Waals surface area contributed by atoms with E-state index in [2.05, 4.69) is 51.3 Å². The van der Waals surface area contributed by atoms with Crippen LogP contribution in [0.4, 0.5) is 0 Å². The molecule has 3 N–H and O–H groups in total. The van der Waals surface area contributed by atoms with Crippen LogP contribution in [0.25, 0.3) is 11.3 Å². The average Bonchev–Trinajstić information content (AvgIpc) is 3.21. The number of nitrogens with two attached hydrogens (primary N) is 1. The molecule has 10 heteroatoms. The summed E-state index contributed by atoms with van der Waals surface area (Å²) in [6.07, 6.45) is 6.43. The second-order valence-corrected chi connectivity index (χ2v) is 17.6. The molecule has 1 amide bonds. The first-order chi connectivity index (χ1) is 29.2. The fourth-order valence-corrected chi connectivity index (χ4v) is 6.84. The van der Waals surface area contributed by atoms with Gasteiger partial charge in [0.2, 0.25) is 5.88 Å². The fraction of sp³-hybridized carbons (Fsp3) is 0.431. The molecule has 0 saturated heterocycles. The largest absolute Gasteiger partial charge is 0.488 e. The van der Waals surface area contributed by atoms with Gasteiger partial charge < -0.3 is 29.8 Å². The Bertz CT molecular complexity index is 2030. The zero-order valence-electron chi connectivity index (χ0n) is 37.1. The van der Waals surface area contributed by atoms with Crippen LogP contribution in [-0.4, -0.2) is 63.4 Å². The predicted molar refractivity (Wildman–Crippen MR) is 243 cm³/mol. The minimum absolute atomic E-state index is 0.262. The first-order valence-corrected chi connectivity index (χ1v) is 21.7. The van der Waals surface area contributed by atoms with Gasteiger partial charge in [-0.15, -0.1) is 0 Å². The van der Waals surface area contributed by atoms with Gasteiger partial charge in [0.25, 0.3) is 5.91 Å². The summed E-state index contributed by atoms with van der Waals surface area (Å²) in [6, 6.07) is 35.9. The maximum atomic E-state index is 12.4. The number of aryl methyl sites for hydroxylation is 1. The molecule has 5 aromatic rings. The lowest BCUT2D eigenvalue weighted by molar-refractivity contribution is 0.0990. The predicted octanol–water partition coefficient (Wildman–Crippen LogP) is 10.3. The Hall–Kier alpha value is -5.29. The third kappa shape index (κ3) is 16.9. The number of nitrogens with zero attached hydrogens (tertiary/aromatic N) is 3. The van der Waals surface area contributed by atoms with Crippen molar-refractivity contribution in [1.82, 2.24) is 14.9 Å². The molecule has 0 radical (unpaired) electrons. The van der Waals surface area contributed by atoms with Crippen molar-refractivity contribution in [3.05, 3.63) is 137 Å². The van der Waals surface area contributed by atoms with Gasteiger partial charge in [0.1, 0.15) is 23.6 Å². The SMILES string of the molecule is CC(C)(C)Oc1cc(-c2ccc(CCCCOCCCCCCN(Cc3ccccc3)C[C@H](O)c3ccc(OCc4ccccc4)c(C(N)=O)c3)cc2)nc(OC(C)(C)C)n1. The zero-order chi connectivity index (χ0) is 43.7. The smallest absolute Gasteiger partial charge is 0.320 e. The van der Waals surface area contributed by atoms with Gasteiger partial charge in [-0.25, -0.2) is 0 Å². The van der Waals surface area contributed by atoms with Crippen molar-refractivity contribution in [2.24, 2.45) is 5.73 Å². The highest BCUT2D eigenvalue weighted by Gasteiger charge is 2.21. The number of carbonyl (C=O) groups excluding carboxylic acids is 1. The number of benzene rings is 4. The first kappa shape index (κ1) is 46.8. The second kappa shape index (κ2) is 23.1. The van der Waals surface area contributed by atoms with Gasteiger partial charge in [0.05, 0.1) is 17.4 Å². The zero-order valence-corrected chi connectivity index (χ0v) is 37.1. The molecule has 0 unspecified atom stereocenters. The first-order valence-electron chi connectivity index (χ1n) is 21.7. The second-order valence-electron chi connectivity index (χ2n) is 17.6. The molecule has 61 heavy (non-hydrogen) atoms. The van der Waals surface area contributed by atoms with E-state index in [1.54, 1.807) is 12.1 Å². The Morgan fingerprint density at radius 3 is 2.00 bits per heavy atom. The van der Waals surface area contributed by atoms with Crippen molar-refractivity contribution in [3.8, 4) is 28.9 Å². The summed E-state index contributed by atoms with van der Waals surface area (Å²) in [5.41, 5.74) is 11.0. The minimum Gasteiger partial charge on any atom is -0.488 e. The number of carbonyl (C=O) groups is 1. The van der Waals surface area contributed by atoms with E-state index in [9.17, 15) is 9.90 Å². The molecule has 0 fully saturated rings. The van der Waals surface area contributed by atoms with Crippen molar-refractivity contribution in [2.45, 2.75) is 117 Å². The molecule has 1 atom stereocenters. The number of primary amides is 1. The van der Waals surface area contributed by atoms with E-state index >= 15 is 0 Å². The topological polar surface area (TPSA) is 129 Å². The van der Waals surface area contributed by atoms with Gasteiger partial charge in [-0.05, 0) is 115 Å². The third-order valence-electron chi connectivity index (χ3n) is 9.83. The normalized spacial score (nSPS) is 12.3. The van der Waals surface area contributed by atoms with E-state index < -0.39 is 23.2 Å². The monoisotopic (exact) mass is 830 g/mol. The number of rotatable bonds is 24. The summed E-state index contributed by atoms with van der Waals surface area (Å²) >= 11 is 0. The Morgan fingerprint density at radius 1 is 0.705 bits per heavy atom.